The summed E-state index contributed by atoms with van der Waals surface area (Å²) in [5.41, 5.74) is 5.51. The average molecular weight is 225 g/mol. The third kappa shape index (κ3) is 5.56. The van der Waals surface area contributed by atoms with Crippen molar-refractivity contribution >= 4 is 5.84 Å². The van der Waals surface area contributed by atoms with Gasteiger partial charge in [-0.1, -0.05) is 13.0 Å². The van der Waals surface area contributed by atoms with Gasteiger partial charge in [0, 0.05) is 32.8 Å². The van der Waals surface area contributed by atoms with Gasteiger partial charge in [-0.2, -0.15) is 0 Å². The molecule has 0 aromatic heterocycles. The number of nitrogens with zero attached hydrogens (tertiary/aromatic N) is 1. The van der Waals surface area contributed by atoms with Gasteiger partial charge in [0.05, 0.1) is 6.10 Å². The van der Waals surface area contributed by atoms with E-state index in [1.165, 1.54) is 0 Å². The molecule has 0 aliphatic rings. The monoisotopic (exact) mass is 225 g/mol. The molecule has 0 heterocycles. The van der Waals surface area contributed by atoms with Crippen LogP contribution >= 0.6 is 0 Å². The minimum atomic E-state index is 0.204. The molecule has 0 aromatic rings. The Morgan fingerprint density at radius 3 is 2.75 bits per heavy atom. The Bertz CT molecular complexity index is 245. The smallest absolute Gasteiger partial charge is 0.119 e. The van der Waals surface area contributed by atoms with Gasteiger partial charge in [0.1, 0.15) is 5.84 Å². The summed E-state index contributed by atoms with van der Waals surface area (Å²) in [5, 5.41) is 3.16. The van der Waals surface area contributed by atoms with Gasteiger partial charge in [0.15, 0.2) is 0 Å². The van der Waals surface area contributed by atoms with Gasteiger partial charge in [0.25, 0.3) is 0 Å². The third-order valence-corrected chi connectivity index (χ3v) is 2.47. The van der Waals surface area contributed by atoms with E-state index < -0.39 is 0 Å². The first kappa shape index (κ1) is 14.7. The average Bonchev–Trinajstić information content (AvgIpc) is 2.32. The number of amidine groups is 1. The molecule has 0 rings (SSSR count). The molecule has 16 heavy (non-hydrogen) atoms. The van der Waals surface area contributed by atoms with Gasteiger partial charge in [-0.15, -0.1) is 6.58 Å². The quantitative estimate of drug-likeness (QED) is 0.372. The molecule has 0 saturated carbocycles. The number of rotatable bonds is 8. The van der Waals surface area contributed by atoms with E-state index in [4.69, 9.17) is 10.5 Å². The van der Waals surface area contributed by atoms with Crippen molar-refractivity contribution in [1.82, 2.24) is 5.32 Å². The lowest BCUT2D eigenvalue weighted by Gasteiger charge is -2.21. The summed E-state index contributed by atoms with van der Waals surface area (Å²) < 4.78 is 5.37. The van der Waals surface area contributed by atoms with E-state index in [9.17, 15) is 0 Å². The molecule has 92 valence electrons. The van der Waals surface area contributed by atoms with Crippen LogP contribution in [0.2, 0.25) is 0 Å². The minimum Gasteiger partial charge on any atom is -0.390 e. The fraction of sp³-hybridized carbons (Fsp3) is 0.583. The zero-order valence-corrected chi connectivity index (χ0v) is 10.4. The van der Waals surface area contributed by atoms with Gasteiger partial charge in [-0.05, 0) is 12.5 Å². The zero-order valence-electron chi connectivity index (χ0n) is 10.4. The van der Waals surface area contributed by atoms with E-state index in [0.717, 1.165) is 13.0 Å². The second-order valence-electron chi connectivity index (χ2n) is 3.47. The molecule has 2 atom stereocenters. The Kier molecular flexibility index (Phi) is 8.25. The highest BCUT2D eigenvalue weighted by Crippen LogP contribution is 2.11. The summed E-state index contributed by atoms with van der Waals surface area (Å²) in [6.45, 7) is 6.70. The molecule has 0 aliphatic heterocycles. The Morgan fingerprint density at radius 1 is 1.62 bits per heavy atom. The third-order valence-electron chi connectivity index (χ3n) is 2.47. The maximum atomic E-state index is 5.51. The largest absolute Gasteiger partial charge is 0.390 e. The Balaban J connectivity index is 4.05. The highest BCUT2D eigenvalue weighted by atomic mass is 16.5. The first-order valence-electron chi connectivity index (χ1n) is 5.47. The summed E-state index contributed by atoms with van der Waals surface area (Å²) in [6, 6.07) is 0. The highest BCUT2D eigenvalue weighted by Gasteiger charge is 2.15. The molecule has 0 radical (unpaired) electrons. The molecule has 0 bridgehead atoms. The number of hydrogen-bond acceptors (Lipinski definition) is 3. The number of nitrogens with two attached hydrogens (primary N) is 1. The minimum absolute atomic E-state index is 0.204. The van der Waals surface area contributed by atoms with Gasteiger partial charge >= 0.3 is 0 Å². The lowest BCUT2D eigenvalue weighted by atomic mass is 10.0. The van der Waals surface area contributed by atoms with Gasteiger partial charge in [-0.25, -0.2) is 0 Å². The molecule has 4 nitrogen and oxygen atoms in total. The molecular formula is C12H23N3O. The normalized spacial score (nSPS) is 16.1. The van der Waals surface area contributed by atoms with Crippen LogP contribution in [0.5, 0.6) is 0 Å². The van der Waals surface area contributed by atoms with Crippen LogP contribution in [0.4, 0.5) is 0 Å². The van der Waals surface area contributed by atoms with E-state index in [1.54, 1.807) is 26.4 Å². The van der Waals surface area contributed by atoms with Crippen molar-refractivity contribution in [3.63, 3.8) is 0 Å². The molecule has 0 amide bonds. The van der Waals surface area contributed by atoms with Crippen molar-refractivity contribution in [2.24, 2.45) is 16.6 Å². The van der Waals surface area contributed by atoms with Crippen LogP contribution in [-0.2, 0) is 4.74 Å². The number of nitrogens with one attached hydrogen (secondary N) is 1. The fourth-order valence-corrected chi connectivity index (χ4v) is 1.43. The predicted molar refractivity (Wildman–Crippen MR) is 69.5 cm³/mol. The molecule has 0 aliphatic carbocycles. The van der Waals surface area contributed by atoms with Crippen LogP contribution in [0.1, 0.15) is 13.3 Å². The number of hydrogen-bond donors (Lipinski definition) is 2. The van der Waals surface area contributed by atoms with E-state index in [2.05, 4.69) is 23.8 Å². The summed E-state index contributed by atoms with van der Waals surface area (Å²) in [5.74, 6) is 0.792. The Hall–Kier alpha value is -1.29. The molecule has 2 unspecified atom stereocenters. The van der Waals surface area contributed by atoms with Crippen LogP contribution in [-0.4, -0.2) is 32.6 Å². The van der Waals surface area contributed by atoms with Crippen LogP contribution in [0, 0.1) is 5.92 Å². The molecule has 0 fully saturated rings. The van der Waals surface area contributed by atoms with Gasteiger partial charge in [0.2, 0.25) is 0 Å². The summed E-state index contributed by atoms with van der Waals surface area (Å²) in [4.78, 5) is 3.82. The zero-order chi connectivity index (χ0) is 12.4. The first-order valence-corrected chi connectivity index (χ1v) is 5.47. The van der Waals surface area contributed by atoms with E-state index in [1.807, 2.05) is 6.08 Å². The summed E-state index contributed by atoms with van der Waals surface area (Å²) in [6.07, 6.45) is 6.61. The molecule has 0 spiro atoms. The van der Waals surface area contributed by atoms with Crippen molar-refractivity contribution in [1.29, 1.82) is 0 Å². The van der Waals surface area contributed by atoms with Crippen LogP contribution < -0.4 is 11.1 Å². The molecule has 4 heteroatoms. The number of aliphatic imine (C=N–C) groups is 1. The van der Waals surface area contributed by atoms with Crippen LogP contribution in [0.3, 0.4) is 0 Å². The van der Waals surface area contributed by atoms with Crippen molar-refractivity contribution in [2.75, 3.05) is 20.7 Å². The van der Waals surface area contributed by atoms with Crippen molar-refractivity contribution in [2.45, 2.75) is 19.4 Å². The Labute approximate surface area is 98.3 Å². The van der Waals surface area contributed by atoms with Gasteiger partial charge in [-0.3, -0.25) is 4.99 Å². The lowest BCUT2D eigenvalue weighted by Crippen LogP contribution is -2.29. The van der Waals surface area contributed by atoms with E-state index in [-0.39, 0.29) is 6.10 Å². The highest BCUT2D eigenvalue weighted by molar-refractivity contribution is 5.91. The van der Waals surface area contributed by atoms with Crippen molar-refractivity contribution in [3.05, 3.63) is 24.9 Å². The predicted octanol–water partition coefficient (Wildman–Crippen LogP) is 1.30. The van der Waals surface area contributed by atoms with E-state index in [0.29, 0.717) is 11.8 Å². The molecule has 3 N–H and O–H groups in total. The topological polar surface area (TPSA) is 59.6 Å². The maximum absolute atomic E-state index is 5.51. The summed E-state index contributed by atoms with van der Waals surface area (Å²) in [7, 11) is 3.38. The standard InChI is InChI=1S/C12H23N3O/c1-5-10(11(6-2)16-4)9-15-8-7-12(13)14-3/h5,7-8,10-11,15H,1,6,9H2,2-4H3,(H2,13,14)/b8-7-. The van der Waals surface area contributed by atoms with Gasteiger partial charge < -0.3 is 15.8 Å². The van der Waals surface area contributed by atoms with Crippen LogP contribution in [0.15, 0.2) is 29.9 Å². The maximum Gasteiger partial charge on any atom is 0.119 e. The number of methoxy groups -OCH3 is 1. The van der Waals surface area contributed by atoms with Crippen molar-refractivity contribution < 1.29 is 4.74 Å². The fourth-order valence-electron chi connectivity index (χ4n) is 1.43. The van der Waals surface area contributed by atoms with E-state index >= 15 is 0 Å². The first-order chi connectivity index (χ1) is 7.69. The summed E-state index contributed by atoms with van der Waals surface area (Å²) >= 11 is 0. The van der Waals surface area contributed by atoms with Crippen LogP contribution in [0.25, 0.3) is 0 Å². The SMILES string of the molecule is C=CC(CN/C=C\C(N)=N/C)C(CC)OC. The molecule has 0 saturated heterocycles. The second kappa shape index (κ2) is 8.97. The van der Waals surface area contributed by atoms with Crippen molar-refractivity contribution in [3.8, 4) is 0 Å². The molecular weight excluding hydrogens is 202 g/mol. The number of ether oxygens (including phenoxy) is 1. The second-order valence-corrected chi connectivity index (χ2v) is 3.47. The Morgan fingerprint density at radius 2 is 2.31 bits per heavy atom. The molecule has 0 aromatic carbocycles. The lowest BCUT2D eigenvalue weighted by molar-refractivity contribution is 0.0666.